The van der Waals surface area contributed by atoms with E-state index in [-0.39, 0.29) is 0 Å². The highest BCUT2D eigenvalue weighted by atomic mass is 16.3. The monoisotopic (exact) mass is 129 g/mol. The van der Waals surface area contributed by atoms with Gasteiger partial charge in [0.2, 0.25) is 0 Å². The number of nitrogens with zero attached hydrogens (tertiary/aromatic N) is 1. The Labute approximate surface area is 56.6 Å². The van der Waals surface area contributed by atoms with E-state index in [9.17, 15) is 4.91 Å². The minimum absolute atomic E-state index is 0.352. The standard InChI is InChI=1S/C7H15NO/c1-7(2,3)5-4-6-8-9/h4-6H2,1-3H3. The third kappa shape index (κ3) is 7.60. The second-order valence-corrected chi connectivity index (χ2v) is 3.52. The SMILES string of the molecule is CC(C)(C)CCCN=O. The fraction of sp³-hybridized carbons (Fsp3) is 1.00. The smallest absolute Gasteiger partial charge is 0.0811 e. The largest absolute Gasteiger partial charge is 0.151 e. The van der Waals surface area contributed by atoms with Gasteiger partial charge in [0.1, 0.15) is 0 Å². The highest BCUT2D eigenvalue weighted by molar-refractivity contribution is 4.61. The van der Waals surface area contributed by atoms with Crippen molar-refractivity contribution < 1.29 is 0 Å². The van der Waals surface area contributed by atoms with Crippen LogP contribution in [0, 0.1) is 10.3 Å². The minimum atomic E-state index is 0.352. The summed E-state index contributed by atoms with van der Waals surface area (Å²) in [5.74, 6) is 0. The lowest BCUT2D eigenvalue weighted by Gasteiger charge is -2.15. The van der Waals surface area contributed by atoms with Gasteiger partial charge in [-0.05, 0) is 18.3 Å². The van der Waals surface area contributed by atoms with Crippen LogP contribution >= 0.6 is 0 Å². The predicted molar refractivity (Wildman–Crippen MR) is 39.4 cm³/mol. The third-order valence-electron chi connectivity index (χ3n) is 1.18. The van der Waals surface area contributed by atoms with Crippen LogP contribution in [0.1, 0.15) is 33.6 Å². The summed E-state index contributed by atoms with van der Waals surface area (Å²) in [5.41, 5.74) is 0.352. The van der Waals surface area contributed by atoms with Gasteiger partial charge >= 0.3 is 0 Å². The van der Waals surface area contributed by atoms with Gasteiger partial charge < -0.3 is 0 Å². The van der Waals surface area contributed by atoms with Gasteiger partial charge in [-0.1, -0.05) is 25.9 Å². The molecule has 0 aliphatic carbocycles. The molecule has 0 bridgehead atoms. The molecular weight excluding hydrogens is 114 g/mol. The van der Waals surface area contributed by atoms with Gasteiger partial charge in [0, 0.05) is 0 Å². The topological polar surface area (TPSA) is 29.4 Å². The molecule has 0 spiro atoms. The van der Waals surface area contributed by atoms with Crippen molar-refractivity contribution in [2.75, 3.05) is 6.54 Å². The molecule has 0 heterocycles. The molecule has 0 rings (SSSR count). The van der Waals surface area contributed by atoms with Crippen LogP contribution in [-0.2, 0) is 0 Å². The summed E-state index contributed by atoms with van der Waals surface area (Å²) < 4.78 is 0. The van der Waals surface area contributed by atoms with Crippen LogP contribution in [-0.4, -0.2) is 6.54 Å². The first-order chi connectivity index (χ1) is 4.06. The third-order valence-corrected chi connectivity index (χ3v) is 1.18. The van der Waals surface area contributed by atoms with E-state index < -0.39 is 0 Å². The van der Waals surface area contributed by atoms with Gasteiger partial charge in [0.15, 0.2) is 0 Å². The summed E-state index contributed by atoms with van der Waals surface area (Å²) in [6.45, 7) is 6.96. The van der Waals surface area contributed by atoms with Crippen LogP contribution in [0.25, 0.3) is 0 Å². The van der Waals surface area contributed by atoms with Gasteiger partial charge in [0.25, 0.3) is 0 Å². The van der Waals surface area contributed by atoms with Crippen LogP contribution in [0.15, 0.2) is 5.18 Å². The lowest BCUT2D eigenvalue weighted by Crippen LogP contribution is -2.04. The molecule has 2 nitrogen and oxygen atoms in total. The van der Waals surface area contributed by atoms with Gasteiger partial charge in [-0.25, -0.2) is 0 Å². The lowest BCUT2D eigenvalue weighted by molar-refractivity contribution is 0.368. The van der Waals surface area contributed by atoms with Crippen molar-refractivity contribution in [1.82, 2.24) is 0 Å². The van der Waals surface area contributed by atoms with Gasteiger partial charge in [-0.3, -0.25) is 0 Å². The van der Waals surface area contributed by atoms with E-state index in [0.717, 1.165) is 12.8 Å². The summed E-state index contributed by atoms with van der Waals surface area (Å²) in [5, 5.41) is 2.79. The Balaban J connectivity index is 3.17. The maximum Gasteiger partial charge on any atom is 0.0811 e. The molecule has 0 amide bonds. The number of hydrogen-bond acceptors (Lipinski definition) is 2. The van der Waals surface area contributed by atoms with Gasteiger partial charge in [0.05, 0.1) is 6.54 Å². The number of nitroso groups, excluding NO2 is 1. The second-order valence-electron chi connectivity index (χ2n) is 3.52. The highest BCUT2D eigenvalue weighted by Crippen LogP contribution is 2.19. The molecule has 2 heteroatoms. The maximum absolute atomic E-state index is 9.64. The van der Waals surface area contributed by atoms with Gasteiger partial charge in [-0.15, -0.1) is 0 Å². The van der Waals surface area contributed by atoms with E-state index in [0.29, 0.717) is 12.0 Å². The summed E-state index contributed by atoms with van der Waals surface area (Å²) in [6, 6.07) is 0. The Bertz CT molecular complexity index is 83.4. The molecule has 0 radical (unpaired) electrons. The summed E-state index contributed by atoms with van der Waals surface area (Å²) in [7, 11) is 0. The first kappa shape index (κ1) is 8.60. The van der Waals surface area contributed by atoms with E-state index >= 15 is 0 Å². The fourth-order valence-corrected chi connectivity index (χ4v) is 0.674. The molecule has 0 aromatic heterocycles. The Morgan fingerprint density at radius 3 is 2.22 bits per heavy atom. The van der Waals surface area contributed by atoms with E-state index in [1.54, 1.807) is 0 Å². The van der Waals surface area contributed by atoms with E-state index in [1.165, 1.54) is 0 Å². The molecule has 0 saturated carbocycles. The van der Waals surface area contributed by atoms with Crippen molar-refractivity contribution in [2.45, 2.75) is 33.6 Å². The van der Waals surface area contributed by atoms with Crippen LogP contribution in [0.5, 0.6) is 0 Å². The van der Waals surface area contributed by atoms with Crippen LogP contribution in [0.2, 0.25) is 0 Å². The Morgan fingerprint density at radius 2 is 1.89 bits per heavy atom. The zero-order chi connectivity index (χ0) is 7.33. The second kappa shape index (κ2) is 3.59. The van der Waals surface area contributed by atoms with Crippen molar-refractivity contribution in [3.05, 3.63) is 4.91 Å². The van der Waals surface area contributed by atoms with Gasteiger partial charge in [-0.2, -0.15) is 4.91 Å². The molecular formula is C7H15NO. The quantitative estimate of drug-likeness (QED) is 0.425. The highest BCUT2D eigenvalue weighted by Gasteiger charge is 2.08. The Hall–Kier alpha value is -0.400. The maximum atomic E-state index is 9.64. The molecule has 0 fully saturated rings. The molecule has 54 valence electrons. The van der Waals surface area contributed by atoms with E-state index in [4.69, 9.17) is 0 Å². The summed E-state index contributed by atoms with van der Waals surface area (Å²) >= 11 is 0. The van der Waals surface area contributed by atoms with E-state index in [2.05, 4.69) is 25.9 Å². The van der Waals surface area contributed by atoms with Crippen molar-refractivity contribution in [1.29, 1.82) is 0 Å². The molecule has 0 aliphatic rings. The molecule has 0 aromatic rings. The average molecular weight is 129 g/mol. The van der Waals surface area contributed by atoms with Crippen LogP contribution in [0.3, 0.4) is 0 Å². The summed E-state index contributed by atoms with van der Waals surface area (Å²) in [4.78, 5) is 9.64. The molecule has 0 aromatic carbocycles. The molecule has 0 atom stereocenters. The first-order valence-electron chi connectivity index (χ1n) is 3.35. The van der Waals surface area contributed by atoms with Crippen molar-refractivity contribution >= 4 is 0 Å². The van der Waals surface area contributed by atoms with Crippen LogP contribution in [0.4, 0.5) is 0 Å². The fourth-order valence-electron chi connectivity index (χ4n) is 0.674. The number of rotatable bonds is 3. The molecule has 0 unspecified atom stereocenters. The van der Waals surface area contributed by atoms with E-state index in [1.807, 2.05) is 0 Å². The zero-order valence-corrected chi connectivity index (χ0v) is 6.48. The molecule has 0 aliphatic heterocycles. The summed E-state index contributed by atoms with van der Waals surface area (Å²) in [6.07, 6.45) is 2.01. The normalized spacial score (nSPS) is 11.4. The molecule has 0 saturated heterocycles. The minimum Gasteiger partial charge on any atom is -0.151 e. The van der Waals surface area contributed by atoms with Crippen molar-refractivity contribution in [2.24, 2.45) is 10.6 Å². The Morgan fingerprint density at radius 1 is 1.33 bits per heavy atom. The predicted octanol–water partition coefficient (Wildman–Crippen LogP) is 2.58. The Kier molecular flexibility index (Phi) is 3.43. The lowest BCUT2D eigenvalue weighted by atomic mass is 9.91. The van der Waals surface area contributed by atoms with Crippen molar-refractivity contribution in [3.63, 3.8) is 0 Å². The van der Waals surface area contributed by atoms with Crippen molar-refractivity contribution in [3.8, 4) is 0 Å². The molecule has 9 heavy (non-hydrogen) atoms. The first-order valence-corrected chi connectivity index (χ1v) is 3.35. The molecule has 0 N–H and O–H groups in total. The number of hydrogen-bond donors (Lipinski definition) is 0. The average Bonchev–Trinajstić information content (AvgIpc) is 1.63. The van der Waals surface area contributed by atoms with Crippen LogP contribution < -0.4 is 0 Å². The zero-order valence-electron chi connectivity index (χ0n) is 6.48.